The fraction of sp³-hybridized carbons (Fsp3) is 0.400. The van der Waals surface area contributed by atoms with Crippen LogP contribution in [-0.4, -0.2) is 68.8 Å². The molecule has 0 bridgehead atoms. The molecule has 1 heterocycles. The maximum Gasteiger partial charge on any atom is 0.333 e. The summed E-state index contributed by atoms with van der Waals surface area (Å²) in [6.45, 7) is -0.618. The number of ether oxygens (including phenoxy) is 2. The summed E-state index contributed by atoms with van der Waals surface area (Å²) in [6, 6.07) is 6.32. The fourth-order valence-corrected chi connectivity index (χ4v) is 2.10. The van der Waals surface area contributed by atoms with Gasteiger partial charge in [0.2, 0.25) is 6.29 Å². The van der Waals surface area contributed by atoms with E-state index in [1.54, 1.807) is 18.2 Å². The first-order valence-electron chi connectivity index (χ1n) is 6.91. The second kappa shape index (κ2) is 7.53. The molecule has 0 amide bonds. The summed E-state index contributed by atoms with van der Waals surface area (Å²) < 4.78 is 9.89. The molecule has 126 valence electrons. The van der Waals surface area contributed by atoms with Gasteiger partial charge < -0.3 is 35.0 Å². The van der Waals surface area contributed by atoms with Crippen LogP contribution in [0.25, 0.3) is 6.08 Å². The predicted molar refractivity (Wildman–Crippen MR) is 77.0 cm³/mol. The van der Waals surface area contributed by atoms with Gasteiger partial charge in [-0.2, -0.15) is 0 Å². The molecule has 0 spiro atoms. The number of carbonyl (C=O) groups excluding carboxylic acids is 1. The topological polar surface area (TPSA) is 137 Å². The van der Waals surface area contributed by atoms with Crippen molar-refractivity contribution in [2.24, 2.45) is 0 Å². The zero-order valence-electron chi connectivity index (χ0n) is 12.0. The minimum atomic E-state index is -1.66. The highest BCUT2D eigenvalue weighted by Crippen LogP contribution is 2.22. The highest BCUT2D eigenvalue weighted by Gasteiger charge is 2.45. The Morgan fingerprint density at radius 3 is 2.52 bits per heavy atom. The van der Waals surface area contributed by atoms with Crippen molar-refractivity contribution in [2.45, 2.75) is 30.7 Å². The number of esters is 1. The summed E-state index contributed by atoms with van der Waals surface area (Å²) in [5.74, 6) is -0.915. The van der Waals surface area contributed by atoms with Gasteiger partial charge in [0.25, 0.3) is 0 Å². The maximum atomic E-state index is 11.7. The lowest BCUT2D eigenvalue weighted by Crippen LogP contribution is -2.59. The first-order valence-corrected chi connectivity index (χ1v) is 6.91. The predicted octanol–water partition coefficient (Wildman–Crippen LogP) is -1.25. The molecule has 8 nitrogen and oxygen atoms in total. The van der Waals surface area contributed by atoms with Crippen molar-refractivity contribution in [1.82, 2.24) is 0 Å². The molecule has 5 N–H and O–H groups in total. The summed E-state index contributed by atoms with van der Waals surface area (Å²) >= 11 is 0. The number of carbonyl (C=O) groups is 1. The molecule has 1 aromatic rings. The van der Waals surface area contributed by atoms with Gasteiger partial charge in [0.1, 0.15) is 30.2 Å². The van der Waals surface area contributed by atoms with E-state index in [1.165, 1.54) is 12.1 Å². The second-order valence-corrected chi connectivity index (χ2v) is 5.03. The average Bonchev–Trinajstić information content (AvgIpc) is 2.54. The SMILES string of the molecule is O=C(/C=C\c1ccccc1O)O[C@@H]1O[C@H](CO)[C@@H](O)[C@H](O)[C@H]1O. The first kappa shape index (κ1) is 17.4. The number of para-hydroxylation sites is 1. The second-order valence-electron chi connectivity index (χ2n) is 5.03. The summed E-state index contributed by atoms with van der Waals surface area (Å²) in [6.07, 6.45) is -5.18. The van der Waals surface area contributed by atoms with Crippen LogP contribution < -0.4 is 0 Å². The Hall–Kier alpha value is -1.97. The normalized spacial score (nSPS) is 31.2. The van der Waals surface area contributed by atoms with Crippen molar-refractivity contribution in [3.8, 4) is 5.75 Å². The zero-order chi connectivity index (χ0) is 17.0. The first-order chi connectivity index (χ1) is 10.9. The number of hydrogen-bond donors (Lipinski definition) is 5. The quantitative estimate of drug-likeness (QED) is 0.342. The van der Waals surface area contributed by atoms with Crippen LogP contribution in [0.3, 0.4) is 0 Å². The largest absolute Gasteiger partial charge is 0.507 e. The van der Waals surface area contributed by atoms with E-state index in [0.717, 1.165) is 6.08 Å². The minimum Gasteiger partial charge on any atom is -0.507 e. The van der Waals surface area contributed by atoms with E-state index in [9.17, 15) is 25.2 Å². The van der Waals surface area contributed by atoms with Crippen LogP contribution in [0, 0.1) is 0 Å². The summed E-state index contributed by atoms with van der Waals surface area (Å²) in [4.78, 5) is 11.7. The third-order valence-electron chi connectivity index (χ3n) is 3.42. The smallest absolute Gasteiger partial charge is 0.333 e. The Balaban J connectivity index is 2.00. The van der Waals surface area contributed by atoms with E-state index in [1.807, 2.05) is 0 Å². The molecule has 1 aliphatic heterocycles. The number of hydrogen-bond acceptors (Lipinski definition) is 8. The van der Waals surface area contributed by atoms with Crippen LogP contribution in [0.2, 0.25) is 0 Å². The number of benzene rings is 1. The minimum absolute atomic E-state index is 0.0237. The van der Waals surface area contributed by atoms with Gasteiger partial charge in [0, 0.05) is 11.6 Å². The molecule has 0 unspecified atom stereocenters. The Morgan fingerprint density at radius 1 is 1.17 bits per heavy atom. The summed E-state index contributed by atoms with van der Waals surface area (Å²) in [7, 11) is 0. The molecule has 0 radical (unpaired) electrons. The maximum absolute atomic E-state index is 11.7. The molecule has 1 aliphatic rings. The van der Waals surface area contributed by atoms with Gasteiger partial charge in [-0.15, -0.1) is 0 Å². The van der Waals surface area contributed by atoms with Crippen LogP contribution in [0.5, 0.6) is 5.75 Å². The van der Waals surface area contributed by atoms with Gasteiger partial charge in [0.05, 0.1) is 6.61 Å². The van der Waals surface area contributed by atoms with Crippen molar-refractivity contribution in [3.63, 3.8) is 0 Å². The molecular weight excluding hydrogens is 308 g/mol. The van der Waals surface area contributed by atoms with Crippen LogP contribution in [0.4, 0.5) is 0 Å². The van der Waals surface area contributed by atoms with Crippen molar-refractivity contribution < 1.29 is 39.8 Å². The Morgan fingerprint density at radius 2 is 1.87 bits per heavy atom. The molecule has 23 heavy (non-hydrogen) atoms. The average molecular weight is 326 g/mol. The van der Waals surface area contributed by atoms with Gasteiger partial charge >= 0.3 is 5.97 Å². The van der Waals surface area contributed by atoms with Crippen LogP contribution in [-0.2, 0) is 14.3 Å². The van der Waals surface area contributed by atoms with E-state index in [0.29, 0.717) is 5.56 Å². The highest BCUT2D eigenvalue weighted by molar-refractivity contribution is 5.87. The third-order valence-corrected chi connectivity index (χ3v) is 3.42. The molecule has 0 aromatic heterocycles. The van der Waals surface area contributed by atoms with Gasteiger partial charge in [-0.3, -0.25) is 0 Å². The Labute approximate surface area is 131 Å². The number of aliphatic hydroxyl groups excluding tert-OH is 4. The fourth-order valence-electron chi connectivity index (χ4n) is 2.10. The standard InChI is InChI=1S/C15H18O8/c16-7-10-12(19)13(20)14(21)15(22-10)23-11(18)6-5-8-3-1-2-4-9(8)17/h1-6,10,12-17,19-21H,7H2/b6-5-/t10-,12-,13+,14-,15+/m1/s1. The monoisotopic (exact) mass is 326 g/mol. The number of aromatic hydroxyl groups is 1. The lowest BCUT2D eigenvalue weighted by molar-refractivity contribution is -0.291. The lowest BCUT2D eigenvalue weighted by Gasteiger charge is -2.38. The van der Waals surface area contributed by atoms with Crippen molar-refractivity contribution in [1.29, 1.82) is 0 Å². The van der Waals surface area contributed by atoms with Gasteiger partial charge in [0.15, 0.2) is 0 Å². The van der Waals surface area contributed by atoms with Crippen molar-refractivity contribution in [2.75, 3.05) is 6.61 Å². The van der Waals surface area contributed by atoms with Gasteiger partial charge in [-0.05, 0) is 12.1 Å². The molecular formula is C15H18O8. The number of rotatable bonds is 4. The highest BCUT2D eigenvalue weighted by atomic mass is 16.7. The lowest BCUT2D eigenvalue weighted by atomic mass is 9.99. The van der Waals surface area contributed by atoms with Gasteiger partial charge in [-0.25, -0.2) is 4.79 Å². The summed E-state index contributed by atoms with van der Waals surface area (Å²) in [5, 5.41) is 47.5. The number of phenols is 1. The van der Waals surface area contributed by atoms with E-state index < -0.39 is 43.3 Å². The molecule has 5 atom stereocenters. The molecule has 1 aromatic carbocycles. The van der Waals surface area contributed by atoms with E-state index in [4.69, 9.17) is 14.6 Å². The third kappa shape index (κ3) is 4.06. The number of phenolic OH excluding ortho intramolecular Hbond substituents is 1. The summed E-state index contributed by atoms with van der Waals surface area (Å²) in [5.41, 5.74) is 0.387. The zero-order valence-corrected chi connectivity index (χ0v) is 12.0. The van der Waals surface area contributed by atoms with E-state index >= 15 is 0 Å². The van der Waals surface area contributed by atoms with Crippen LogP contribution in [0.1, 0.15) is 5.56 Å². The molecule has 0 aliphatic carbocycles. The molecule has 1 fully saturated rings. The van der Waals surface area contributed by atoms with Crippen LogP contribution >= 0.6 is 0 Å². The molecule has 1 saturated heterocycles. The van der Waals surface area contributed by atoms with Gasteiger partial charge in [-0.1, -0.05) is 18.2 Å². The molecule has 2 rings (SSSR count). The van der Waals surface area contributed by atoms with Crippen molar-refractivity contribution in [3.05, 3.63) is 35.9 Å². The molecule has 0 saturated carbocycles. The Kier molecular flexibility index (Phi) is 5.69. The van der Waals surface area contributed by atoms with E-state index in [-0.39, 0.29) is 5.75 Å². The van der Waals surface area contributed by atoms with Crippen LogP contribution in [0.15, 0.2) is 30.3 Å². The molecule has 8 heteroatoms. The number of aliphatic hydroxyl groups is 4. The Bertz CT molecular complexity index is 570. The van der Waals surface area contributed by atoms with E-state index in [2.05, 4.69) is 0 Å². The van der Waals surface area contributed by atoms with Crippen molar-refractivity contribution >= 4 is 12.0 Å².